The molecule has 0 spiro atoms. The molecule has 1 rings (SSSR count). The third-order valence-electron chi connectivity index (χ3n) is 1.64. The molecule has 0 aromatic carbocycles. The van der Waals surface area contributed by atoms with Gasteiger partial charge < -0.3 is 10.4 Å². The summed E-state index contributed by atoms with van der Waals surface area (Å²) in [5, 5.41) is 12.1. The van der Waals surface area contributed by atoms with Crippen LogP contribution >= 0.6 is 11.3 Å². The van der Waals surface area contributed by atoms with Gasteiger partial charge in [-0.1, -0.05) is 6.92 Å². The van der Waals surface area contributed by atoms with E-state index in [1.54, 1.807) is 6.20 Å². The molecular weight excluding hydrogens is 200 g/mol. The summed E-state index contributed by atoms with van der Waals surface area (Å²) in [6.45, 7) is 2.33. The van der Waals surface area contributed by atoms with Crippen molar-refractivity contribution < 1.29 is 9.90 Å². The first kappa shape index (κ1) is 11.1. The smallest absolute Gasteiger partial charge is 0.263 e. The van der Waals surface area contributed by atoms with Crippen molar-refractivity contribution in [1.29, 1.82) is 0 Å². The quantitative estimate of drug-likeness (QED) is 0.762. The second kappa shape index (κ2) is 5.72. The normalized spacial score (nSPS) is 10.1. The van der Waals surface area contributed by atoms with Gasteiger partial charge in [0.1, 0.15) is 4.88 Å². The number of amides is 1. The van der Waals surface area contributed by atoms with Crippen molar-refractivity contribution in [1.82, 2.24) is 10.3 Å². The number of thiazole rings is 1. The average molecular weight is 214 g/mol. The molecule has 1 amide bonds. The molecule has 1 aromatic rings. The Kier molecular flexibility index (Phi) is 4.55. The van der Waals surface area contributed by atoms with Gasteiger partial charge in [0.25, 0.3) is 5.91 Å². The van der Waals surface area contributed by atoms with E-state index in [0.717, 1.165) is 17.8 Å². The highest BCUT2D eigenvalue weighted by molar-refractivity contribution is 7.13. The molecule has 1 heterocycles. The Hall–Kier alpha value is -0.940. The molecule has 0 radical (unpaired) electrons. The van der Waals surface area contributed by atoms with Crippen LogP contribution in [0, 0.1) is 0 Å². The number of carbonyl (C=O) groups excluding carboxylic acids is 1. The monoisotopic (exact) mass is 214 g/mol. The Morgan fingerprint density at radius 2 is 2.50 bits per heavy atom. The van der Waals surface area contributed by atoms with E-state index >= 15 is 0 Å². The molecule has 0 aliphatic heterocycles. The Bertz CT molecular complexity index is 299. The van der Waals surface area contributed by atoms with Crippen molar-refractivity contribution in [3.63, 3.8) is 0 Å². The minimum atomic E-state index is -0.154. The Labute approximate surface area is 87.0 Å². The zero-order chi connectivity index (χ0) is 10.4. The zero-order valence-corrected chi connectivity index (χ0v) is 8.93. The third kappa shape index (κ3) is 3.08. The maximum absolute atomic E-state index is 11.4. The highest BCUT2D eigenvalue weighted by atomic mass is 32.1. The number of aryl methyl sites for hydroxylation is 1. The lowest BCUT2D eigenvalue weighted by atomic mass is 10.4. The summed E-state index contributed by atoms with van der Waals surface area (Å²) in [6.07, 6.45) is 3.53. The summed E-state index contributed by atoms with van der Waals surface area (Å²) in [6, 6.07) is 0. The van der Waals surface area contributed by atoms with Gasteiger partial charge in [0.05, 0.1) is 17.8 Å². The molecule has 0 aliphatic rings. The fraction of sp³-hybridized carbons (Fsp3) is 0.556. The summed E-state index contributed by atoms with van der Waals surface area (Å²) in [5.74, 6) is -0.154. The summed E-state index contributed by atoms with van der Waals surface area (Å²) >= 11 is 1.41. The maximum Gasteiger partial charge on any atom is 0.263 e. The Balaban J connectivity index is 2.53. The zero-order valence-electron chi connectivity index (χ0n) is 8.12. The topological polar surface area (TPSA) is 62.2 Å². The van der Waals surface area contributed by atoms with E-state index < -0.39 is 0 Å². The van der Waals surface area contributed by atoms with E-state index in [1.807, 2.05) is 0 Å². The van der Waals surface area contributed by atoms with Crippen LogP contribution in [0.15, 0.2) is 6.20 Å². The first-order valence-electron chi connectivity index (χ1n) is 4.61. The van der Waals surface area contributed by atoms with E-state index in [1.165, 1.54) is 11.3 Å². The summed E-state index contributed by atoms with van der Waals surface area (Å²) in [5.41, 5.74) is 0. The molecule has 0 unspecified atom stereocenters. The SMILES string of the molecule is CCCc1ncc(C(=O)NCCO)s1. The minimum absolute atomic E-state index is 0.0354. The van der Waals surface area contributed by atoms with Crippen LogP contribution in [0.4, 0.5) is 0 Å². The number of aliphatic hydroxyl groups is 1. The van der Waals surface area contributed by atoms with Crippen molar-refractivity contribution in [3.8, 4) is 0 Å². The molecule has 4 nitrogen and oxygen atoms in total. The molecule has 0 fully saturated rings. The van der Waals surface area contributed by atoms with E-state index in [-0.39, 0.29) is 12.5 Å². The molecule has 0 aliphatic carbocycles. The summed E-state index contributed by atoms with van der Waals surface area (Å²) in [7, 11) is 0. The second-order valence-corrected chi connectivity index (χ2v) is 3.96. The van der Waals surface area contributed by atoms with Crippen molar-refractivity contribution in [2.75, 3.05) is 13.2 Å². The van der Waals surface area contributed by atoms with Gasteiger partial charge in [0.15, 0.2) is 0 Å². The van der Waals surface area contributed by atoms with Crippen LogP contribution in [0.3, 0.4) is 0 Å². The Morgan fingerprint density at radius 1 is 1.71 bits per heavy atom. The van der Waals surface area contributed by atoms with E-state index in [0.29, 0.717) is 11.4 Å². The Morgan fingerprint density at radius 3 is 3.14 bits per heavy atom. The van der Waals surface area contributed by atoms with Crippen LogP contribution in [-0.4, -0.2) is 29.1 Å². The number of nitrogens with one attached hydrogen (secondary N) is 1. The molecule has 0 atom stereocenters. The number of nitrogens with zero attached hydrogens (tertiary/aromatic N) is 1. The standard InChI is InChI=1S/C9H14N2O2S/c1-2-3-8-11-6-7(14-8)9(13)10-4-5-12/h6,12H,2-5H2,1H3,(H,10,13). The largest absolute Gasteiger partial charge is 0.395 e. The highest BCUT2D eigenvalue weighted by Crippen LogP contribution is 2.14. The molecule has 0 bridgehead atoms. The predicted octanol–water partition coefficient (Wildman–Crippen LogP) is 0.818. The molecule has 5 heteroatoms. The molecule has 2 N–H and O–H groups in total. The van der Waals surface area contributed by atoms with E-state index in [9.17, 15) is 4.79 Å². The van der Waals surface area contributed by atoms with Crippen molar-refractivity contribution in [2.24, 2.45) is 0 Å². The number of carbonyl (C=O) groups is 1. The first-order valence-corrected chi connectivity index (χ1v) is 5.43. The van der Waals surface area contributed by atoms with Crippen LogP contribution in [0.5, 0.6) is 0 Å². The molecule has 0 saturated heterocycles. The molecule has 1 aromatic heterocycles. The van der Waals surface area contributed by atoms with Crippen molar-refractivity contribution >= 4 is 17.2 Å². The molecular formula is C9H14N2O2S. The average Bonchev–Trinajstić information content (AvgIpc) is 2.63. The molecule has 0 saturated carbocycles. The number of hydrogen-bond acceptors (Lipinski definition) is 4. The fourth-order valence-corrected chi connectivity index (χ4v) is 1.94. The summed E-state index contributed by atoms with van der Waals surface area (Å²) < 4.78 is 0. The van der Waals surface area contributed by atoms with Crippen molar-refractivity contribution in [2.45, 2.75) is 19.8 Å². The summed E-state index contributed by atoms with van der Waals surface area (Å²) in [4.78, 5) is 16.1. The maximum atomic E-state index is 11.4. The second-order valence-electron chi connectivity index (χ2n) is 2.85. The predicted molar refractivity (Wildman–Crippen MR) is 55.5 cm³/mol. The van der Waals surface area contributed by atoms with Gasteiger partial charge in [-0.25, -0.2) is 4.98 Å². The number of hydrogen-bond donors (Lipinski definition) is 2. The lowest BCUT2D eigenvalue weighted by Gasteiger charge is -1.98. The van der Waals surface area contributed by atoms with Crippen LogP contribution in [-0.2, 0) is 6.42 Å². The first-order chi connectivity index (χ1) is 6.77. The van der Waals surface area contributed by atoms with Crippen LogP contribution in [0.25, 0.3) is 0 Å². The van der Waals surface area contributed by atoms with Gasteiger partial charge in [0, 0.05) is 6.54 Å². The van der Waals surface area contributed by atoms with Gasteiger partial charge in [-0.05, 0) is 12.8 Å². The number of aliphatic hydroxyl groups excluding tert-OH is 1. The van der Waals surface area contributed by atoms with Gasteiger partial charge in [-0.2, -0.15) is 0 Å². The fourth-order valence-electron chi connectivity index (χ4n) is 1.00. The van der Waals surface area contributed by atoms with Gasteiger partial charge >= 0.3 is 0 Å². The van der Waals surface area contributed by atoms with Gasteiger partial charge in [-0.3, -0.25) is 4.79 Å². The van der Waals surface area contributed by atoms with Gasteiger partial charge in [-0.15, -0.1) is 11.3 Å². The minimum Gasteiger partial charge on any atom is -0.395 e. The highest BCUT2D eigenvalue weighted by Gasteiger charge is 2.08. The van der Waals surface area contributed by atoms with E-state index in [4.69, 9.17) is 5.11 Å². The van der Waals surface area contributed by atoms with Crippen LogP contribution < -0.4 is 5.32 Å². The third-order valence-corrected chi connectivity index (χ3v) is 2.69. The number of aromatic nitrogens is 1. The molecule has 14 heavy (non-hydrogen) atoms. The lowest BCUT2D eigenvalue weighted by Crippen LogP contribution is -2.25. The molecule has 78 valence electrons. The van der Waals surface area contributed by atoms with Crippen LogP contribution in [0.2, 0.25) is 0 Å². The van der Waals surface area contributed by atoms with Crippen molar-refractivity contribution in [3.05, 3.63) is 16.1 Å². The lowest BCUT2D eigenvalue weighted by molar-refractivity contribution is 0.0948. The van der Waals surface area contributed by atoms with Gasteiger partial charge in [0.2, 0.25) is 0 Å². The number of rotatable bonds is 5. The van der Waals surface area contributed by atoms with E-state index in [2.05, 4.69) is 17.2 Å². The van der Waals surface area contributed by atoms with Crippen LogP contribution in [0.1, 0.15) is 28.0 Å².